The minimum atomic E-state index is 0.499. The molecule has 0 aromatic carbocycles. The van der Waals surface area contributed by atoms with Crippen molar-refractivity contribution in [3.8, 4) is 0 Å². The average Bonchev–Trinajstić information content (AvgIpc) is 2.96. The van der Waals surface area contributed by atoms with Crippen LogP contribution in [0.3, 0.4) is 0 Å². The van der Waals surface area contributed by atoms with Crippen LogP contribution in [0, 0.1) is 0 Å². The highest BCUT2D eigenvalue weighted by Crippen LogP contribution is 2.26. The maximum Gasteiger partial charge on any atom is 0.126 e. The quantitative estimate of drug-likeness (QED) is 0.714. The van der Waals surface area contributed by atoms with Gasteiger partial charge in [0.05, 0.1) is 5.69 Å². The summed E-state index contributed by atoms with van der Waals surface area (Å²) in [4.78, 5) is 10.9. The molecule has 2 heterocycles. The second-order valence-electron chi connectivity index (χ2n) is 5.25. The summed E-state index contributed by atoms with van der Waals surface area (Å²) < 4.78 is 0. The molecule has 0 spiro atoms. The van der Waals surface area contributed by atoms with Crippen LogP contribution in [-0.2, 0) is 0 Å². The number of likely N-dealkylation sites (N-methyl/N-ethyl adjacent to an activating group) is 1. The van der Waals surface area contributed by atoms with Crippen LogP contribution < -0.4 is 21.7 Å². The van der Waals surface area contributed by atoms with Crippen LogP contribution >= 0.6 is 0 Å². The molecule has 2 rings (SSSR count). The number of aliphatic imine (C=N–C) groups is 1. The molecule has 114 valence electrons. The van der Waals surface area contributed by atoms with E-state index in [0.717, 1.165) is 42.2 Å². The Hall–Kier alpha value is -2.08. The number of aromatic nitrogens is 1. The lowest BCUT2D eigenvalue weighted by atomic mass is 10.1. The van der Waals surface area contributed by atoms with Crippen molar-refractivity contribution in [1.29, 1.82) is 0 Å². The fourth-order valence-electron chi connectivity index (χ4n) is 2.60. The number of hydrogen-bond donors (Lipinski definition) is 3. The summed E-state index contributed by atoms with van der Waals surface area (Å²) >= 11 is 0. The van der Waals surface area contributed by atoms with Crippen LogP contribution in [0.2, 0.25) is 0 Å². The van der Waals surface area contributed by atoms with E-state index in [0.29, 0.717) is 11.9 Å². The van der Waals surface area contributed by atoms with Crippen LogP contribution in [0.5, 0.6) is 0 Å². The monoisotopic (exact) mass is 288 g/mol. The molecule has 1 aliphatic heterocycles. The molecule has 6 nitrogen and oxygen atoms in total. The van der Waals surface area contributed by atoms with E-state index >= 15 is 0 Å². The normalized spacial score (nSPS) is 20.1. The highest BCUT2D eigenvalue weighted by Gasteiger charge is 2.22. The molecular weight excluding hydrogens is 264 g/mol. The molecule has 0 radical (unpaired) electrons. The largest absolute Gasteiger partial charge is 0.404 e. The van der Waals surface area contributed by atoms with Gasteiger partial charge in [-0.2, -0.15) is 0 Å². The van der Waals surface area contributed by atoms with E-state index in [2.05, 4.69) is 20.2 Å². The van der Waals surface area contributed by atoms with Gasteiger partial charge in [-0.15, -0.1) is 0 Å². The fourth-order valence-corrected chi connectivity index (χ4v) is 2.60. The van der Waals surface area contributed by atoms with Crippen LogP contribution in [0.15, 0.2) is 23.3 Å². The molecule has 6 heteroatoms. The lowest BCUT2D eigenvalue weighted by Gasteiger charge is -2.20. The SMILES string of the molecule is CN=C(C)C(=CN)c1cc(N2CC[C@@H](NC)C2)cc(N)n1. The summed E-state index contributed by atoms with van der Waals surface area (Å²) in [6.07, 6.45) is 2.66. The average molecular weight is 288 g/mol. The van der Waals surface area contributed by atoms with E-state index in [9.17, 15) is 0 Å². The van der Waals surface area contributed by atoms with Gasteiger partial charge in [0.15, 0.2) is 0 Å². The topological polar surface area (TPSA) is 92.6 Å². The Bertz CT molecular complexity index is 563. The number of rotatable bonds is 4. The van der Waals surface area contributed by atoms with E-state index < -0.39 is 0 Å². The maximum atomic E-state index is 5.97. The van der Waals surface area contributed by atoms with Crippen molar-refractivity contribution in [3.63, 3.8) is 0 Å². The molecule has 1 aromatic rings. The van der Waals surface area contributed by atoms with E-state index in [-0.39, 0.29) is 0 Å². The minimum absolute atomic E-state index is 0.499. The van der Waals surface area contributed by atoms with Crippen LogP contribution in [0.4, 0.5) is 11.5 Å². The Labute approximate surface area is 125 Å². The third kappa shape index (κ3) is 3.33. The van der Waals surface area contributed by atoms with Gasteiger partial charge >= 0.3 is 0 Å². The number of pyridine rings is 1. The summed E-state index contributed by atoms with van der Waals surface area (Å²) in [6, 6.07) is 4.46. The van der Waals surface area contributed by atoms with E-state index in [1.807, 2.05) is 26.1 Å². The van der Waals surface area contributed by atoms with Gasteiger partial charge in [0, 0.05) is 55.4 Å². The summed E-state index contributed by atoms with van der Waals surface area (Å²) in [7, 11) is 3.74. The number of allylic oxidation sites excluding steroid dienone is 1. The fraction of sp³-hybridized carbons (Fsp3) is 0.467. The molecule has 1 fully saturated rings. The van der Waals surface area contributed by atoms with Gasteiger partial charge < -0.3 is 21.7 Å². The van der Waals surface area contributed by atoms with E-state index in [1.165, 1.54) is 6.20 Å². The third-order valence-electron chi connectivity index (χ3n) is 3.96. The van der Waals surface area contributed by atoms with Gasteiger partial charge in [-0.1, -0.05) is 0 Å². The van der Waals surface area contributed by atoms with Gasteiger partial charge in [-0.25, -0.2) is 4.98 Å². The number of hydrogen-bond acceptors (Lipinski definition) is 6. The summed E-state index contributed by atoms with van der Waals surface area (Å²) in [5.74, 6) is 0.499. The number of anilines is 2. The number of nitrogens with one attached hydrogen (secondary N) is 1. The van der Waals surface area contributed by atoms with Crippen molar-refractivity contribution in [2.45, 2.75) is 19.4 Å². The molecule has 0 saturated carbocycles. The van der Waals surface area contributed by atoms with Crippen molar-refractivity contribution < 1.29 is 0 Å². The maximum absolute atomic E-state index is 5.97. The Balaban J connectivity index is 2.34. The van der Waals surface area contributed by atoms with Gasteiger partial charge in [0.1, 0.15) is 5.82 Å². The highest BCUT2D eigenvalue weighted by molar-refractivity contribution is 6.22. The zero-order valence-corrected chi connectivity index (χ0v) is 12.9. The molecular formula is C15H24N6. The first-order chi connectivity index (χ1) is 10.1. The number of nitrogen functional groups attached to an aromatic ring is 1. The van der Waals surface area contributed by atoms with Crippen molar-refractivity contribution in [1.82, 2.24) is 10.3 Å². The Morgan fingerprint density at radius 2 is 2.29 bits per heavy atom. The molecule has 0 amide bonds. The second-order valence-corrected chi connectivity index (χ2v) is 5.25. The third-order valence-corrected chi connectivity index (χ3v) is 3.96. The molecule has 1 saturated heterocycles. The van der Waals surface area contributed by atoms with Gasteiger partial charge in [-0.05, 0) is 26.5 Å². The Kier molecular flexibility index (Phi) is 4.80. The zero-order chi connectivity index (χ0) is 15.4. The summed E-state index contributed by atoms with van der Waals surface area (Å²) in [5, 5.41) is 3.32. The molecule has 21 heavy (non-hydrogen) atoms. The Morgan fingerprint density at radius 1 is 1.52 bits per heavy atom. The number of nitrogens with zero attached hydrogens (tertiary/aromatic N) is 3. The van der Waals surface area contributed by atoms with Crippen LogP contribution in [0.1, 0.15) is 19.0 Å². The summed E-state index contributed by atoms with van der Waals surface area (Å²) in [5.41, 5.74) is 15.2. The van der Waals surface area contributed by atoms with Gasteiger partial charge in [0.2, 0.25) is 0 Å². The first kappa shape index (κ1) is 15.3. The minimum Gasteiger partial charge on any atom is -0.404 e. The first-order valence-electron chi connectivity index (χ1n) is 7.14. The van der Waals surface area contributed by atoms with Gasteiger partial charge in [-0.3, -0.25) is 4.99 Å². The lowest BCUT2D eigenvalue weighted by molar-refractivity contribution is 0.617. The van der Waals surface area contributed by atoms with Crippen molar-refractivity contribution >= 4 is 22.8 Å². The molecule has 1 aromatic heterocycles. The predicted molar refractivity (Wildman–Crippen MR) is 89.5 cm³/mol. The van der Waals surface area contributed by atoms with Crippen LogP contribution in [-0.4, -0.2) is 43.9 Å². The molecule has 0 bridgehead atoms. The number of nitrogens with two attached hydrogens (primary N) is 2. The molecule has 1 atom stereocenters. The second kappa shape index (κ2) is 6.58. The van der Waals surface area contributed by atoms with Gasteiger partial charge in [0.25, 0.3) is 0 Å². The lowest BCUT2D eigenvalue weighted by Crippen LogP contribution is -2.29. The standard InChI is InChI=1S/C15H24N6/c1-10(18-2)13(8-16)14-6-12(7-15(17)20-14)21-5-4-11(9-21)19-3/h6-8,11,19H,4-5,9,16H2,1-3H3,(H2,17,20)/t11-/m1/s1. The Morgan fingerprint density at radius 3 is 2.86 bits per heavy atom. The smallest absolute Gasteiger partial charge is 0.126 e. The van der Waals surface area contributed by atoms with E-state index in [4.69, 9.17) is 11.5 Å². The van der Waals surface area contributed by atoms with E-state index in [1.54, 1.807) is 7.05 Å². The summed E-state index contributed by atoms with van der Waals surface area (Å²) in [6.45, 7) is 3.90. The molecule has 0 aliphatic carbocycles. The van der Waals surface area contributed by atoms with Crippen molar-refractivity contribution in [2.75, 3.05) is 37.8 Å². The molecule has 1 aliphatic rings. The molecule has 0 unspecified atom stereocenters. The predicted octanol–water partition coefficient (Wildman–Crippen LogP) is 0.852. The first-order valence-corrected chi connectivity index (χ1v) is 7.14. The molecule has 5 N–H and O–H groups in total. The highest BCUT2D eigenvalue weighted by atomic mass is 15.2. The van der Waals surface area contributed by atoms with Crippen molar-refractivity contribution in [2.24, 2.45) is 10.7 Å². The van der Waals surface area contributed by atoms with Crippen LogP contribution in [0.25, 0.3) is 5.57 Å². The van der Waals surface area contributed by atoms with Crippen molar-refractivity contribution in [3.05, 3.63) is 24.0 Å². The zero-order valence-electron chi connectivity index (χ0n) is 12.9.